The second kappa shape index (κ2) is 6.19. The first-order valence-electron chi connectivity index (χ1n) is 8.44. The number of ether oxygens (including phenoxy) is 2. The molecular weight excluding hydrogens is 302 g/mol. The van der Waals surface area contributed by atoms with Gasteiger partial charge in [-0.1, -0.05) is 30.3 Å². The van der Waals surface area contributed by atoms with E-state index in [4.69, 9.17) is 9.47 Å². The van der Waals surface area contributed by atoms with Gasteiger partial charge in [-0.05, 0) is 48.1 Å². The Morgan fingerprint density at radius 2 is 2.00 bits per heavy atom. The van der Waals surface area contributed by atoms with Crippen molar-refractivity contribution in [1.29, 1.82) is 0 Å². The number of hydrogen-bond donors (Lipinski definition) is 0. The van der Waals surface area contributed by atoms with Crippen molar-refractivity contribution in [3.05, 3.63) is 59.2 Å². The van der Waals surface area contributed by atoms with Gasteiger partial charge in [-0.15, -0.1) is 0 Å². The summed E-state index contributed by atoms with van der Waals surface area (Å²) in [5, 5.41) is 0. The summed E-state index contributed by atoms with van der Waals surface area (Å²) >= 11 is 0. The maximum Gasteiger partial charge on any atom is 0.231 e. The number of fused-ring (bicyclic) bond motifs is 2. The summed E-state index contributed by atoms with van der Waals surface area (Å²) in [5.74, 6) is 1.75. The van der Waals surface area contributed by atoms with E-state index in [2.05, 4.69) is 24.3 Å². The quantitative estimate of drug-likeness (QED) is 0.864. The van der Waals surface area contributed by atoms with Crippen molar-refractivity contribution in [2.75, 3.05) is 13.8 Å². The van der Waals surface area contributed by atoms with Gasteiger partial charge in [0.1, 0.15) is 0 Å². The molecule has 0 N–H and O–H groups in total. The Bertz CT molecular complexity index is 771. The monoisotopic (exact) mass is 323 g/mol. The van der Waals surface area contributed by atoms with E-state index < -0.39 is 0 Å². The molecule has 2 aromatic rings. The molecule has 1 aliphatic carbocycles. The normalized spacial score (nSPS) is 17.6. The smallest absolute Gasteiger partial charge is 0.231 e. The van der Waals surface area contributed by atoms with Gasteiger partial charge in [0.15, 0.2) is 11.5 Å². The van der Waals surface area contributed by atoms with E-state index >= 15 is 0 Å². The SMILES string of the molecule is CN(C(=O)CCc1ccc2c(c1)OCO2)[C@@H]1CCc2ccccc21. The Kier molecular flexibility index (Phi) is 3.89. The number of nitrogens with zero attached hydrogens (tertiary/aromatic N) is 1. The van der Waals surface area contributed by atoms with Crippen LogP contribution in [-0.2, 0) is 17.6 Å². The lowest BCUT2D eigenvalue weighted by Gasteiger charge is -2.25. The zero-order valence-corrected chi connectivity index (χ0v) is 13.8. The molecule has 0 saturated heterocycles. The Labute approximate surface area is 142 Å². The van der Waals surface area contributed by atoms with Crippen molar-refractivity contribution in [3.8, 4) is 11.5 Å². The molecule has 124 valence electrons. The average Bonchev–Trinajstić information content (AvgIpc) is 3.25. The fourth-order valence-electron chi connectivity index (χ4n) is 3.63. The lowest BCUT2D eigenvalue weighted by Crippen LogP contribution is -2.30. The molecule has 0 saturated carbocycles. The minimum atomic E-state index is 0.189. The van der Waals surface area contributed by atoms with Gasteiger partial charge >= 0.3 is 0 Å². The van der Waals surface area contributed by atoms with Gasteiger partial charge in [0.2, 0.25) is 12.7 Å². The van der Waals surface area contributed by atoms with Gasteiger partial charge in [0, 0.05) is 13.5 Å². The molecule has 2 aromatic carbocycles. The van der Waals surface area contributed by atoms with Crippen molar-refractivity contribution in [1.82, 2.24) is 4.90 Å². The summed E-state index contributed by atoms with van der Waals surface area (Å²) in [6.45, 7) is 0.279. The van der Waals surface area contributed by atoms with Crippen LogP contribution in [0.1, 0.15) is 35.6 Å². The van der Waals surface area contributed by atoms with Crippen LogP contribution in [0.3, 0.4) is 0 Å². The Hall–Kier alpha value is -2.49. The van der Waals surface area contributed by atoms with Gasteiger partial charge in [-0.2, -0.15) is 0 Å². The predicted molar refractivity (Wildman–Crippen MR) is 91.2 cm³/mol. The van der Waals surface area contributed by atoms with Crippen molar-refractivity contribution in [3.63, 3.8) is 0 Å². The zero-order chi connectivity index (χ0) is 16.5. The molecule has 0 unspecified atom stereocenters. The molecule has 1 amide bonds. The summed E-state index contributed by atoms with van der Waals surface area (Å²) in [5.41, 5.74) is 3.78. The van der Waals surface area contributed by atoms with Crippen LogP contribution in [0.25, 0.3) is 0 Å². The number of benzene rings is 2. The molecule has 1 atom stereocenters. The molecular formula is C20H21NO3. The van der Waals surface area contributed by atoms with Crippen LogP contribution in [0.15, 0.2) is 42.5 Å². The van der Waals surface area contributed by atoms with E-state index in [1.165, 1.54) is 11.1 Å². The molecule has 0 fully saturated rings. The van der Waals surface area contributed by atoms with Gasteiger partial charge in [0.25, 0.3) is 0 Å². The van der Waals surface area contributed by atoms with E-state index in [0.717, 1.165) is 29.9 Å². The van der Waals surface area contributed by atoms with Crippen molar-refractivity contribution < 1.29 is 14.3 Å². The molecule has 0 radical (unpaired) electrons. The number of rotatable bonds is 4. The summed E-state index contributed by atoms with van der Waals surface area (Å²) in [7, 11) is 1.93. The van der Waals surface area contributed by atoms with Crippen LogP contribution in [0, 0.1) is 0 Å². The average molecular weight is 323 g/mol. The predicted octanol–water partition coefficient (Wildman–Crippen LogP) is 3.49. The third-order valence-corrected chi connectivity index (χ3v) is 5.03. The fourth-order valence-corrected chi connectivity index (χ4v) is 3.63. The van der Waals surface area contributed by atoms with Crippen molar-refractivity contribution >= 4 is 5.91 Å². The summed E-state index contributed by atoms with van der Waals surface area (Å²) < 4.78 is 10.7. The minimum Gasteiger partial charge on any atom is -0.454 e. The fraction of sp³-hybridized carbons (Fsp3) is 0.350. The molecule has 24 heavy (non-hydrogen) atoms. The number of hydrogen-bond acceptors (Lipinski definition) is 3. The maximum atomic E-state index is 12.6. The second-order valence-corrected chi connectivity index (χ2v) is 6.45. The zero-order valence-electron chi connectivity index (χ0n) is 13.8. The highest BCUT2D eigenvalue weighted by molar-refractivity contribution is 5.77. The number of carbonyl (C=O) groups is 1. The van der Waals surface area contributed by atoms with Gasteiger partial charge in [0.05, 0.1) is 6.04 Å². The van der Waals surface area contributed by atoms with E-state index in [0.29, 0.717) is 12.8 Å². The van der Waals surface area contributed by atoms with Gasteiger partial charge in [-0.3, -0.25) is 4.79 Å². The molecule has 0 aromatic heterocycles. The highest BCUT2D eigenvalue weighted by atomic mass is 16.7. The van der Waals surface area contributed by atoms with E-state index in [9.17, 15) is 4.79 Å². The lowest BCUT2D eigenvalue weighted by atomic mass is 10.1. The molecule has 1 aliphatic heterocycles. The first-order chi connectivity index (χ1) is 11.7. The highest BCUT2D eigenvalue weighted by Crippen LogP contribution is 2.35. The minimum absolute atomic E-state index is 0.189. The second-order valence-electron chi connectivity index (χ2n) is 6.45. The van der Waals surface area contributed by atoms with E-state index in [1.807, 2.05) is 30.1 Å². The molecule has 0 spiro atoms. The first kappa shape index (κ1) is 15.1. The maximum absolute atomic E-state index is 12.6. The highest BCUT2D eigenvalue weighted by Gasteiger charge is 2.28. The number of amides is 1. The third-order valence-electron chi connectivity index (χ3n) is 5.03. The Morgan fingerprint density at radius 1 is 1.17 bits per heavy atom. The van der Waals surface area contributed by atoms with Crippen LogP contribution in [-0.4, -0.2) is 24.6 Å². The summed E-state index contributed by atoms with van der Waals surface area (Å²) in [6, 6.07) is 14.6. The molecule has 2 aliphatic rings. The third kappa shape index (κ3) is 2.73. The van der Waals surface area contributed by atoms with E-state index in [1.54, 1.807) is 0 Å². The summed E-state index contributed by atoms with van der Waals surface area (Å²) in [6.07, 6.45) is 3.30. The molecule has 4 rings (SSSR count). The van der Waals surface area contributed by atoms with Crippen LogP contribution >= 0.6 is 0 Å². The molecule has 0 bridgehead atoms. The van der Waals surface area contributed by atoms with Crippen LogP contribution in [0.4, 0.5) is 0 Å². The topological polar surface area (TPSA) is 38.8 Å². The molecule has 4 heteroatoms. The number of carbonyl (C=O) groups excluding carboxylic acids is 1. The summed E-state index contributed by atoms with van der Waals surface area (Å²) in [4.78, 5) is 14.5. The Morgan fingerprint density at radius 3 is 2.92 bits per heavy atom. The Balaban J connectivity index is 1.40. The standard InChI is InChI=1S/C20H21NO3/c1-21(17-9-8-15-4-2-3-5-16(15)17)20(22)11-7-14-6-10-18-19(12-14)24-13-23-18/h2-6,10,12,17H,7-9,11,13H2,1H3/t17-/m1/s1. The van der Waals surface area contributed by atoms with Crippen molar-refractivity contribution in [2.24, 2.45) is 0 Å². The molecule has 4 nitrogen and oxygen atoms in total. The lowest BCUT2D eigenvalue weighted by molar-refractivity contribution is -0.132. The first-order valence-corrected chi connectivity index (χ1v) is 8.44. The van der Waals surface area contributed by atoms with Crippen LogP contribution in [0.2, 0.25) is 0 Å². The van der Waals surface area contributed by atoms with Gasteiger partial charge < -0.3 is 14.4 Å². The van der Waals surface area contributed by atoms with Crippen molar-refractivity contribution in [2.45, 2.75) is 31.7 Å². The largest absolute Gasteiger partial charge is 0.454 e. The van der Waals surface area contributed by atoms with E-state index in [-0.39, 0.29) is 18.7 Å². The molecule has 1 heterocycles. The van der Waals surface area contributed by atoms with Crippen LogP contribution < -0.4 is 9.47 Å². The van der Waals surface area contributed by atoms with Crippen LogP contribution in [0.5, 0.6) is 11.5 Å². The van der Waals surface area contributed by atoms with Gasteiger partial charge in [-0.25, -0.2) is 0 Å². The number of aryl methyl sites for hydroxylation is 2.